The molecule has 40 heavy (non-hydrogen) atoms. The van der Waals surface area contributed by atoms with Gasteiger partial charge in [-0.05, 0) is 36.8 Å². The molecule has 0 saturated carbocycles. The lowest BCUT2D eigenvalue weighted by molar-refractivity contribution is -0.137. The third-order valence-electron chi connectivity index (χ3n) is 6.43. The van der Waals surface area contributed by atoms with Crippen molar-refractivity contribution in [1.29, 1.82) is 0 Å². The van der Waals surface area contributed by atoms with E-state index in [0.29, 0.717) is 58.8 Å². The highest BCUT2D eigenvalue weighted by atomic mass is 32.2. The molecular weight excluding hydrogens is 573 g/mol. The van der Waals surface area contributed by atoms with Gasteiger partial charge in [-0.2, -0.15) is 9.40 Å². The van der Waals surface area contributed by atoms with Crippen molar-refractivity contribution in [2.75, 3.05) is 32.8 Å². The number of morpholine rings is 1. The molecule has 3 aromatic rings. The van der Waals surface area contributed by atoms with Crippen LogP contribution in [0.3, 0.4) is 0 Å². The monoisotopic (exact) mass is 598 g/mol. The van der Waals surface area contributed by atoms with Crippen LogP contribution in [0.15, 0.2) is 70.6 Å². The third-order valence-corrected chi connectivity index (χ3v) is 9.72. The Bertz CT molecular complexity index is 1560. The van der Waals surface area contributed by atoms with Crippen molar-refractivity contribution in [2.45, 2.75) is 17.7 Å². The number of amides is 1. The molecule has 0 radical (unpaired) electrons. The number of hydrogen-bond donors (Lipinski definition) is 1. The first kappa shape index (κ1) is 28.2. The van der Waals surface area contributed by atoms with Gasteiger partial charge in [0.25, 0.3) is 5.91 Å². The zero-order valence-corrected chi connectivity index (χ0v) is 23.8. The second-order valence-electron chi connectivity index (χ2n) is 9.08. The van der Waals surface area contributed by atoms with Crippen molar-refractivity contribution in [2.24, 2.45) is 0 Å². The van der Waals surface area contributed by atoms with Crippen LogP contribution in [0, 0.1) is 0 Å². The number of thioether (sulfide) groups is 1. The van der Waals surface area contributed by atoms with Gasteiger partial charge in [0.05, 0.1) is 34.4 Å². The maximum atomic E-state index is 13.1. The number of nitrogens with zero attached hydrogens (tertiary/aromatic N) is 4. The van der Waals surface area contributed by atoms with Crippen LogP contribution in [0.25, 0.3) is 23.0 Å². The fourth-order valence-electron chi connectivity index (χ4n) is 4.37. The van der Waals surface area contributed by atoms with Crippen LogP contribution in [0.1, 0.15) is 18.4 Å². The number of carboxylic acids is 1. The number of rotatable bonds is 9. The van der Waals surface area contributed by atoms with E-state index in [1.54, 1.807) is 41.2 Å². The van der Waals surface area contributed by atoms with Crippen molar-refractivity contribution >= 4 is 56.3 Å². The topological polar surface area (TPSA) is 122 Å². The average Bonchev–Trinajstić information content (AvgIpc) is 3.50. The van der Waals surface area contributed by atoms with E-state index < -0.39 is 16.0 Å². The first-order valence-corrected chi connectivity index (χ1v) is 15.2. The molecule has 0 atom stereocenters. The highest BCUT2D eigenvalue weighted by Crippen LogP contribution is 2.35. The molecule has 0 spiro atoms. The first-order chi connectivity index (χ1) is 19.2. The summed E-state index contributed by atoms with van der Waals surface area (Å²) in [4.78, 5) is 26.0. The summed E-state index contributed by atoms with van der Waals surface area (Å²) < 4.78 is 34.9. The third kappa shape index (κ3) is 6.03. The van der Waals surface area contributed by atoms with E-state index in [4.69, 9.17) is 27.2 Å². The van der Waals surface area contributed by atoms with E-state index in [1.165, 1.54) is 9.21 Å². The summed E-state index contributed by atoms with van der Waals surface area (Å²) >= 11 is 6.55. The number of carbonyl (C=O) groups is 2. The fraction of sp³-hybridized carbons (Fsp3) is 0.259. The zero-order valence-electron chi connectivity index (χ0n) is 21.3. The van der Waals surface area contributed by atoms with Gasteiger partial charge in [-0.1, -0.05) is 54.3 Å². The van der Waals surface area contributed by atoms with Crippen LogP contribution in [-0.4, -0.2) is 81.6 Å². The van der Waals surface area contributed by atoms with Crippen molar-refractivity contribution in [3.63, 3.8) is 0 Å². The molecule has 1 aromatic heterocycles. The molecule has 1 amide bonds. The van der Waals surface area contributed by atoms with E-state index in [9.17, 15) is 18.0 Å². The van der Waals surface area contributed by atoms with Crippen molar-refractivity contribution in [3.05, 3.63) is 71.3 Å². The van der Waals surface area contributed by atoms with Gasteiger partial charge in [-0.25, -0.2) is 13.1 Å². The minimum absolute atomic E-state index is 0.0542. The number of aromatic nitrogens is 2. The van der Waals surface area contributed by atoms with E-state index in [1.807, 2.05) is 30.3 Å². The van der Waals surface area contributed by atoms with Gasteiger partial charge in [0.15, 0.2) is 0 Å². The van der Waals surface area contributed by atoms with Crippen LogP contribution in [0.2, 0.25) is 0 Å². The molecule has 1 N–H and O–H groups in total. The summed E-state index contributed by atoms with van der Waals surface area (Å²) in [6, 6.07) is 16.0. The standard InChI is InChI=1S/C27H26N4O6S3/c32-24(33)7-4-12-30-26(34)23(39-27(30)38)17-20-18-31(21-5-2-1-3-6-21)28-25(20)19-8-10-22(11-9-19)40(35,36)29-13-15-37-16-14-29/h1-3,5-6,8-11,17-18H,4,7,12-16H2,(H,32,33)/b23-17-. The largest absolute Gasteiger partial charge is 0.481 e. The summed E-state index contributed by atoms with van der Waals surface area (Å²) in [6.07, 6.45) is 3.77. The number of sulfonamides is 1. The zero-order chi connectivity index (χ0) is 28.3. The van der Waals surface area contributed by atoms with E-state index in [0.717, 1.165) is 17.4 Å². The lowest BCUT2D eigenvalue weighted by Gasteiger charge is -2.26. The van der Waals surface area contributed by atoms with Crippen LogP contribution >= 0.6 is 24.0 Å². The van der Waals surface area contributed by atoms with Gasteiger partial charge in [0.2, 0.25) is 10.0 Å². The molecule has 0 bridgehead atoms. The Hall–Kier alpha value is -3.36. The Labute approximate surface area is 241 Å². The number of benzene rings is 2. The summed E-state index contributed by atoms with van der Waals surface area (Å²) in [7, 11) is -3.65. The molecule has 2 fully saturated rings. The SMILES string of the molecule is O=C(O)CCCN1C(=O)/C(=C/c2cn(-c3ccccc3)nc2-c2ccc(S(=O)(=O)N3CCOCC3)cc2)SC1=S. The fourth-order valence-corrected chi connectivity index (χ4v) is 7.08. The van der Waals surface area contributed by atoms with Crippen LogP contribution in [0.4, 0.5) is 0 Å². The predicted molar refractivity (Wildman–Crippen MR) is 155 cm³/mol. The molecule has 208 valence electrons. The van der Waals surface area contributed by atoms with E-state index in [2.05, 4.69) is 0 Å². The summed E-state index contributed by atoms with van der Waals surface area (Å²) in [5.41, 5.74) is 2.71. The molecule has 10 nitrogen and oxygen atoms in total. The smallest absolute Gasteiger partial charge is 0.303 e. The normalized spacial score (nSPS) is 17.6. The second-order valence-corrected chi connectivity index (χ2v) is 12.7. The molecule has 2 saturated heterocycles. The number of carbonyl (C=O) groups excluding carboxylic acids is 1. The number of para-hydroxylation sites is 1. The van der Waals surface area contributed by atoms with E-state index in [-0.39, 0.29) is 23.8 Å². The lowest BCUT2D eigenvalue weighted by Crippen LogP contribution is -2.40. The summed E-state index contributed by atoms with van der Waals surface area (Å²) in [5, 5.41) is 13.7. The minimum Gasteiger partial charge on any atom is -0.481 e. The second kappa shape index (κ2) is 12.0. The minimum atomic E-state index is -3.65. The number of hydrogen-bond acceptors (Lipinski definition) is 8. The van der Waals surface area contributed by atoms with Gasteiger partial charge in [-0.15, -0.1) is 0 Å². The van der Waals surface area contributed by atoms with Gasteiger partial charge in [0, 0.05) is 43.4 Å². The molecule has 0 aliphatic carbocycles. The van der Waals surface area contributed by atoms with Gasteiger partial charge >= 0.3 is 5.97 Å². The van der Waals surface area contributed by atoms with Crippen molar-refractivity contribution in [1.82, 2.24) is 19.0 Å². The molecule has 5 rings (SSSR count). The molecule has 13 heteroatoms. The Morgan fingerprint density at radius 2 is 1.80 bits per heavy atom. The van der Waals surface area contributed by atoms with Crippen molar-refractivity contribution in [3.8, 4) is 16.9 Å². The van der Waals surface area contributed by atoms with Crippen LogP contribution in [-0.2, 0) is 24.3 Å². The number of aliphatic carboxylic acids is 1. The lowest BCUT2D eigenvalue weighted by atomic mass is 10.1. The molecule has 2 aliphatic rings. The van der Waals surface area contributed by atoms with Gasteiger partial charge in [-0.3, -0.25) is 14.5 Å². The average molecular weight is 599 g/mol. The number of thiocarbonyl (C=S) groups is 1. The highest BCUT2D eigenvalue weighted by Gasteiger charge is 2.32. The molecular formula is C27H26N4O6S3. The Balaban J connectivity index is 1.47. The Morgan fingerprint density at radius 1 is 1.10 bits per heavy atom. The highest BCUT2D eigenvalue weighted by molar-refractivity contribution is 8.26. The molecule has 3 heterocycles. The number of ether oxygens (including phenoxy) is 1. The predicted octanol–water partition coefficient (Wildman–Crippen LogP) is 3.63. The first-order valence-electron chi connectivity index (χ1n) is 12.5. The molecule has 2 aromatic carbocycles. The molecule has 2 aliphatic heterocycles. The van der Waals surface area contributed by atoms with E-state index >= 15 is 0 Å². The Morgan fingerprint density at radius 3 is 2.48 bits per heavy atom. The maximum Gasteiger partial charge on any atom is 0.303 e. The maximum absolute atomic E-state index is 13.1. The van der Waals surface area contributed by atoms with Gasteiger partial charge < -0.3 is 9.84 Å². The Kier molecular flexibility index (Phi) is 8.47. The quantitative estimate of drug-likeness (QED) is 0.291. The van der Waals surface area contributed by atoms with Crippen molar-refractivity contribution < 1.29 is 27.9 Å². The molecule has 0 unspecified atom stereocenters. The summed E-state index contributed by atoms with van der Waals surface area (Å²) in [5.74, 6) is -1.21. The van der Waals surface area contributed by atoms with Crippen LogP contribution < -0.4 is 0 Å². The summed E-state index contributed by atoms with van der Waals surface area (Å²) in [6.45, 7) is 1.57. The van der Waals surface area contributed by atoms with Crippen LogP contribution in [0.5, 0.6) is 0 Å². The number of carboxylic acid groups (broad SMARTS) is 1. The van der Waals surface area contributed by atoms with Gasteiger partial charge in [0.1, 0.15) is 4.32 Å².